The zero-order valence-electron chi connectivity index (χ0n) is 20.3. The molecule has 182 valence electrons. The second kappa shape index (κ2) is 8.50. The number of ether oxygens (including phenoxy) is 3. The first-order valence-corrected chi connectivity index (χ1v) is 12.3. The number of benzene rings is 2. The van der Waals surface area contributed by atoms with Crippen molar-refractivity contribution in [2.75, 3.05) is 31.2 Å². The number of aromatic nitrogens is 2. The molecular weight excluding hydrogens is 440 g/mol. The van der Waals surface area contributed by atoms with Crippen LogP contribution in [-0.4, -0.2) is 48.4 Å². The van der Waals surface area contributed by atoms with Gasteiger partial charge in [0.25, 0.3) is 0 Å². The average molecular weight is 473 g/mol. The van der Waals surface area contributed by atoms with Gasteiger partial charge in [-0.3, -0.25) is 0 Å². The summed E-state index contributed by atoms with van der Waals surface area (Å²) in [6.45, 7) is 8.21. The molecule has 7 nitrogen and oxygen atoms in total. The minimum absolute atomic E-state index is 0.159. The Morgan fingerprint density at radius 1 is 0.914 bits per heavy atom. The minimum atomic E-state index is -0.159. The Labute approximate surface area is 206 Å². The van der Waals surface area contributed by atoms with Gasteiger partial charge in [-0.15, -0.1) is 0 Å². The third kappa shape index (κ3) is 4.34. The second-order valence-corrected chi connectivity index (χ2v) is 10.8. The van der Waals surface area contributed by atoms with Gasteiger partial charge in [0.05, 0.1) is 36.7 Å². The van der Waals surface area contributed by atoms with Crippen LogP contribution in [0.5, 0.6) is 17.5 Å². The average Bonchev–Trinajstić information content (AvgIpc) is 2.78. The maximum Gasteiger partial charge on any atom is 0.322 e. The van der Waals surface area contributed by atoms with Gasteiger partial charge < -0.3 is 24.8 Å². The van der Waals surface area contributed by atoms with E-state index in [9.17, 15) is 0 Å². The van der Waals surface area contributed by atoms with E-state index in [1.165, 1.54) is 11.1 Å². The first-order chi connectivity index (χ1) is 16.9. The Hall–Kier alpha value is -3.16. The molecule has 1 aliphatic carbocycles. The molecule has 0 amide bonds. The van der Waals surface area contributed by atoms with Gasteiger partial charge in [0, 0.05) is 24.5 Å². The van der Waals surface area contributed by atoms with Crippen LogP contribution in [-0.2, 0) is 10.2 Å². The van der Waals surface area contributed by atoms with E-state index in [-0.39, 0.29) is 17.6 Å². The van der Waals surface area contributed by atoms with Crippen molar-refractivity contribution in [3.63, 3.8) is 0 Å². The number of rotatable bonds is 7. The molecule has 3 heterocycles. The van der Waals surface area contributed by atoms with Gasteiger partial charge >= 0.3 is 6.01 Å². The molecule has 2 saturated heterocycles. The Balaban J connectivity index is 1.07. The zero-order valence-corrected chi connectivity index (χ0v) is 20.3. The highest BCUT2D eigenvalue weighted by Crippen LogP contribution is 2.40. The van der Waals surface area contributed by atoms with Gasteiger partial charge in [-0.2, -0.15) is 0 Å². The molecule has 1 saturated carbocycles. The topological polar surface area (TPSA) is 82.7 Å². The summed E-state index contributed by atoms with van der Waals surface area (Å²) >= 11 is 0. The van der Waals surface area contributed by atoms with Gasteiger partial charge in [0.2, 0.25) is 0 Å². The van der Waals surface area contributed by atoms with E-state index in [1.54, 1.807) is 0 Å². The lowest BCUT2D eigenvalue weighted by atomic mass is 9.78. The van der Waals surface area contributed by atoms with Crippen molar-refractivity contribution in [2.24, 2.45) is 11.1 Å². The summed E-state index contributed by atoms with van der Waals surface area (Å²) in [5.41, 5.74) is 9.52. The van der Waals surface area contributed by atoms with Crippen LogP contribution in [0, 0.1) is 5.41 Å². The van der Waals surface area contributed by atoms with Gasteiger partial charge in [-0.1, -0.05) is 38.1 Å². The van der Waals surface area contributed by atoms with E-state index >= 15 is 0 Å². The molecule has 35 heavy (non-hydrogen) atoms. The molecule has 6 rings (SSSR count). The van der Waals surface area contributed by atoms with Crippen LogP contribution in [0.4, 0.5) is 5.69 Å². The molecule has 2 aromatic carbocycles. The van der Waals surface area contributed by atoms with Crippen molar-refractivity contribution in [1.82, 2.24) is 9.97 Å². The molecule has 3 fully saturated rings. The van der Waals surface area contributed by atoms with Crippen molar-refractivity contribution in [3.05, 3.63) is 72.1 Å². The Kier molecular flexibility index (Phi) is 5.42. The smallest absolute Gasteiger partial charge is 0.322 e. The van der Waals surface area contributed by atoms with Crippen molar-refractivity contribution in [3.8, 4) is 17.5 Å². The third-order valence-electron chi connectivity index (χ3n) is 7.64. The highest BCUT2D eigenvalue weighted by molar-refractivity contribution is 5.47. The maximum absolute atomic E-state index is 6.00. The third-order valence-corrected chi connectivity index (χ3v) is 7.64. The molecule has 7 heteroatoms. The summed E-state index contributed by atoms with van der Waals surface area (Å²) in [6, 6.07) is 17.2. The molecular formula is C28H32N4O3. The molecule has 3 aromatic rings. The molecule has 0 atom stereocenters. The van der Waals surface area contributed by atoms with Crippen LogP contribution in [0.2, 0.25) is 0 Å². The highest BCUT2D eigenvalue weighted by Gasteiger charge is 2.49. The fraction of sp³-hybridized carbons (Fsp3) is 0.429. The van der Waals surface area contributed by atoms with Crippen molar-refractivity contribution in [1.29, 1.82) is 0 Å². The predicted molar refractivity (Wildman–Crippen MR) is 134 cm³/mol. The van der Waals surface area contributed by atoms with Gasteiger partial charge in [0.1, 0.15) is 17.6 Å². The summed E-state index contributed by atoms with van der Waals surface area (Å²) in [6.07, 6.45) is 5.79. The summed E-state index contributed by atoms with van der Waals surface area (Å²) in [5, 5.41) is 0. The fourth-order valence-corrected chi connectivity index (χ4v) is 5.10. The lowest BCUT2D eigenvalue weighted by Gasteiger charge is -2.55. The van der Waals surface area contributed by atoms with Crippen LogP contribution in [0.25, 0.3) is 0 Å². The van der Waals surface area contributed by atoms with Crippen LogP contribution in [0.15, 0.2) is 60.9 Å². The summed E-state index contributed by atoms with van der Waals surface area (Å²) in [5.74, 6) is 1.62. The first-order valence-electron chi connectivity index (χ1n) is 12.3. The van der Waals surface area contributed by atoms with Crippen LogP contribution in [0.1, 0.15) is 37.8 Å². The quantitative estimate of drug-likeness (QED) is 0.549. The number of hydrogen-bond donors (Lipinski definition) is 1. The molecule has 2 N–H and O–H groups in total. The molecule has 0 unspecified atom stereocenters. The van der Waals surface area contributed by atoms with Crippen molar-refractivity contribution >= 4 is 5.69 Å². The number of nitrogens with zero attached hydrogens (tertiary/aromatic N) is 3. The largest absolute Gasteiger partial charge is 0.490 e. The van der Waals surface area contributed by atoms with Crippen molar-refractivity contribution in [2.45, 2.75) is 44.2 Å². The van der Waals surface area contributed by atoms with Gasteiger partial charge in [-0.25, -0.2) is 9.97 Å². The summed E-state index contributed by atoms with van der Waals surface area (Å²) < 4.78 is 17.2. The highest BCUT2D eigenvalue weighted by atomic mass is 16.5. The van der Waals surface area contributed by atoms with E-state index in [1.807, 2.05) is 24.5 Å². The van der Waals surface area contributed by atoms with E-state index in [4.69, 9.17) is 19.9 Å². The molecule has 2 aliphatic heterocycles. The van der Waals surface area contributed by atoms with E-state index in [0.717, 1.165) is 50.6 Å². The number of hydrogen-bond acceptors (Lipinski definition) is 7. The minimum Gasteiger partial charge on any atom is -0.490 e. The molecule has 0 radical (unpaired) electrons. The SMILES string of the molecule is CC(C)(c1ccc(Oc2ncc(N3CC4(COC4)C3)cn2)cc1)c1ccc(OC2CC(N)C2)cc1. The van der Waals surface area contributed by atoms with E-state index in [2.05, 4.69) is 65.1 Å². The van der Waals surface area contributed by atoms with E-state index in [0.29, 0.717) is 17.2 Å². The molecule has 0 bridgehead atoms. The lowest BCUT2D eigenvalue weighted by Crippen LogP contribution is -2.66. The van der Waals surface area contributed by atoms with Crippen LogP contribution < -0.4 is 20.1 Å². The Morgan fingerprint density at radius 2 is 1.49 bits per heavy atom. The lowest BCUT2D eigenvalue weighted by molar-refractivity contribution is -0.127. The monoisotopic (exact) mass is 472 g/mol. The molecule has 3 aliphatic rings. The standard InChI is InChI=1S/C28H32N4O3/c1-27(2,19-3-7-23(8-4-19)34-25-11-21(29)12-25)20-5-9-24(10-6-20)35-26-30-13-22(14-31-26)32-15-28(16-32)17-33-18-28/h3-10,13-14,21,25H,11-12,15-18,29H2,1-2H3. The van der Waals surface area contributed by atoms with Gasteiger partial charge in [0.15, 0.2) is 0 Å². The molecule has 1 aromatic heterocycles. The first kappa shape index (κ1) is 22.3. The fourth-order valence-electron chi connectivity index (χ4n) is 5.10. The Morgan fingerprint density at radius 3 is 2.00 bits per heavy atom. The normalized spacial score (nSPS) is 22.7. The predicted octanol–water partition coefficient (Wildman–Crippen LogP) is 4.30. The molecule has 1 spiro atoms. The summed E-state index contributed by atoms with van der Waals surface area (Å²) in [7, 11) is 0. The van der Waals surface area contributed by atoms with Crippen molar-refractivity contribution < 1.29 is 14.2 Å². The van der Waals surface area contributed by atoms with E-state index < -0.39 is 0 Å². The Bertz CT molecular complexity index is 1160. The van der Waals surface area contributed by atoms with Gasteiger partial charge in [-0.05, 0) is 48.2 Å². The number of anilines is 1. The maximum atomic E-state index is 6.00. The summed E-state index contributed by atoms with van der Waals surface area (Å²) in [4.78, 5) is 11.1. The van der Waals surface area contributed by atoms with Crippen LogP contribution in [0.3, 0.4) is 0 Å². The second-order valence-electron chi connectivity index (χ2n) is 10.8. The zero-order chi connectivity index (χ0) is 24.0. The van der Waals surface area contributed by atoms with Crippen LogP contribution >= 0.6 is 0 Å². The number of nitrogens with two attached hydrogens (primary N) is 1.